The van der Waals surface area contributed by atoms with E-state index in [4.69, 9.17) is 32.2 Å². The molecule has 0 saturated carbocycles. The Kier molecular flexibility index (Phi) is 23.0. The van der Waals surface area contributed by atoms with E-state index in [0.717, 1.165) is 38.6 Å². The summed E-state index contributed by atoms with van der Waals surface area (Å²) in [5, 5.41) is 22.9. The Balaban J connectivity index is 0.000000154. The number of aryl methyl sites for hydroxylation is 1. The summed E-state index contributed by atoms with van der Waals surface area (Å²) in [6, 6.07) is 38.5. The summed E-state index contributed by atoms with van der Waals surface area (Å²) in [5.74, 6) is 4.54. The SMILES string of the molecule is CC(Nc1nc(N)nc2cc(C(=O)N(C)C(C)C)ccc12)c1ccccn1.CC(Nc1nc(N)nc2cc(C(=O)N(C)C)ccc12)c1ccccn1.CCc1noc([C@@H](C)Nc2nc(N)nc3cccc(OC)c23)n1.CNC(=O)c1ccc2c(NC(C)c3ccccn3)nc(N)nc2c1. The van der Waals surface area contributed by atoms with Crippen molar-refractivity contribution < 1.29 is 23.6 Å². The maximum Gasteiger partial charge on any atom is 0.253 e. The van der Waals surface area contributed by atoms with Crippen molar-refractivity contribution in [3.05, 3.63) is 191 Å². The van der Waals surface area contributed by atoms with Crippen molar-refractivity contribution in [2.24, 2.45) is 0 Å². The Morgan fingerprint density at radius 3 is 1.29 bits per heavy atom. The molecule has 0 saturated heterocycles. The number of ether oxygens (including phenoxy) is 1. The van der Waals surface area contributed by atoms with E-state index >= 15 is 0 Å². The van der Waals surface area contributed by atoms with Gasteiger partial charge < -0.3 is 68.6 Å². The number of nitrogens with zero attached hydrogens (tertiary/aromatic N) is 15. The molecule has 0 aliphatic rings. The molecule has 29 nitrogen and oxygen atoms in total. The summed E-state index contributed by atoms with van der Waals surface area (Å²) < 4.78 is 10.7. The Morgan fingerprint density at radius 2 is 0.899 bits per heavy atom. The molecule has 4 aromatic carbocycles. The van der Waals surface area contributed by atoms with Crippen LogP contribution in [0.15, 0.2) is 151 Å². The van der Waals surface area contributed by atoms with Crippen LogP contribution in [0.25, 0.3) is 43.6 Å². The van der Waals surface area contributed by atoms with Gasteiger partial charge in [0.05, 0.1) is 69.8 Å². The summed E-state index contributed by atoms with van der Waals surface area (Å²) in [7, 11) is 8.39. The van der Waals surface area contributed by atoms with E-state index in [-0.39, 0.29) is 71.7 Å². The third kappa shape index (κ3) is 17.7. The van der Waals surface area contributed by atoms with E-state index in [0.29, 0.717) is 85.9 Å². The molecular formula is C70H80N24O5. The Labute approximate surface area is 571 Å². The van der Waals surface area contributed by atoms with Gasteiger partial charge in [-0.05, 0) is 145 Å². The molecule has 4 atom stereocenters. The molecule has 13 N–H and O–H groups in total. The van der Waals surface area contributed by atoms with Crippen LogP contribution >= 0.6 is 0 Å². The molecule has 3 unspecified atom stereocenters. The maximum absolute atomic E-state index is 12.6. The number of aromatic nitrogens is 13. The highest BCUT2D eigenvalue weighted by Crippen LogP contribution is 2.34. The fourth-order valence-electron chi connectivity index (χ4n) is 10.1. The van der Waals surface area contributed by atoms with Gasteiger partial charge in [-0.2, -0.15) is 24.9 Å². The number of nitrogens with two attached hydrogens (primary N) is 4. The number of benzene rings is 4. The van der Waals surface area contributed by atoms with Crippen LogP contribution in [0.1, 0.15) is 133 Å². The van der Waals surface area contributed by atoms with E-state index in [1.165, 1.54) is 4.90 Å². The quantitative estimate of drug-likeness (QED) is 0.0385. The van der Waals surface area contributed by atoms with E-state index in [9.17, 15) is 14.4 Å². The van der Waals surface area contributed by atoms with E-state index in [1.807, 2.05) is 139 Å². The molecule has 0 fully saturated rings. The van der Waals surface area contributed by atoms with Gasteiger partial charge in [0.1, 0.15) is 35.1 Å². The number of nitrogen functional groups attached to an aromatic ring is 4. The van der Waals surface area contributed by atoms with E-state index < -0.39 is 0 Å². The summed E-state index contributed by atoms with van der Waals surface area (Å²) in [4.78, 5) is 91.3. The van der Waals surface area contributed by atoms with Crippen LogP contribution in [0.3, 0.4) is 0 Å². The predicted molar refractivity (Wildman–Crippen MR) is 386 cm³/mol. The standard InChI is InChI=1S/C20H24N6O.C18H20N6O.C17H18N6O.C15H18N6O2/c1-12(2)26(4)19(27)14-8-9-15-17(11-14)24-20(21)25-18(15)23-13(3)16-7-5-6-10-22-16;1-11(14-6-4-5-9-20-14)21-16-13-8-7-12(17(25)24(2)3)10-15(13)22-18(19)23-16;1-10(13-5-3-4-8-20-13)21-15-12-7-6-11(16(24)19-2)9-14(12)22-17(18)23-15;1-4-11-19-14(23-21-11)8(2)17-13-12-9(18-15(16)20-13)6-5-7-10(12)22-3/h5-13H,1-4H3,(H3,21,23,24,25);4-11H,1-3H3,(H3,19,21,22,23);3-10H,1-2H3,(H,19,24)(H3,18,21,22,23);5-8H,4H2,1-3H3,(H3,16,17,18,20)/t;;;8-/m...1/s1. The van der Waals surface area contributed by atoms with Crippen LogP contribution in [0, 0.1) is 0 Å². The van der Waals surface area contributed by atoms with Crippen LogP contribution in [0.5, 0.6) is 5.75 Å². The molecule has 12 aromatic rings. The molecule has 510 valence electrons. The molecule has 0 aliphatic heterocycles. The third-order valence-electron chi connectivity index (χ3n) is 15.5. The molecular weight excluding hydrogens is 1260 g/mol. The van der Waals surface area contributed by atoms with Crippen molar-refractivity contribution in [3.8, 4) is 5.75 Å². The molecule has 0 aliphatic carbocycles. The monoisotopic (exact) mass is 1340 g/mol. The first-order valence-corrected chi connectivity index (χ1v) is 31.7. The lowest BCUT2D eigenvalue weighted by atomic mass is 10.1. The minimum absolute atomic E-state index is 0.0534. The van der Waals surface area contributed by atoms with Gasteiger partial charge in [-0.1, -0.05) is 36.3 Å². The highest BCUT2D eigenvalue weighted by atomic mass is 16.5. The Hall–Kier alpha value is -12.6. The first kappa shape index (κ1) is 70.7. The average Bonchev–Trinajstić information content (AvgIpc) is 1.91. The predicted octanol–water partition coefficient (Wildman–Crippen LogP) is 10.2. The largest absolute Gasteiger partial charge is 0.496 e. The number of rotatable bonds is 18. The van der Waals surface area contributed by atoms with Gasteiger partial charge in [0.2, 0.25) is 29.7 Å². The molecule has 0 radical (unpaired) electrons. The molecule has 29 heteroatoms. The number of carbonyl (C=O) groups is 3. The summed E-state index contributed by atoms with van der Waals surface area (Å²) >= 11 is 0. The van der Waals surface area contributed by atoms with Crippen molar-refractivity contribution >= 4 is 108 Å². The van der Waals surface area contributed by atoms with Crippen molar-refractivity contribution in [1.29, 1.82) is 0 Å². The van der Waals surface area contributed by atoms with Crippen LogP contribution < -0.4 is 54.3 Å². The van der Waals surface area contributed by atoms with Crippen molar-refractivity contribution in [1.82, 2.24) is 80.1 Å². The Bertz CT molecular complexity index is 4780. The van der Waals surface area contributed by atoms with Gasteiger partial charge in [-0.15, -0.1) is 0 Å². The fourth-order valence-corrected chi connectivity index (χ4v) is 10.1. The van der Waals surface area contributed by atoms with Crippen LogP contribution in [-0.2, 0) is 6.42 Å². The molecule has 8 heterocycles. The minimum Gasteiger partial charge on any atom is -0.496 e. The van der Waals surface area contributed by atoms with Crippen LogP contribution in [0.2, 0.25) is 0 Å². The molecule has 12 rings (SSSR count). The lowest BCUT2D eigenvalue weighted by Gasteiger charge is -2.21. The maximum atomic E-state index is 12.6. The van der Waals surface area contributed by atoms with Gasteiger partial charge in [0.15, 0.2) is 5.82 Å². The van der Waals surface area contributed by atoms with Gasteiger partial charge in [-0.3, -0.25) is 29.3 Å². The second-order valence-corrected chi connectivity index (χ2v) is 23.2. The van der Waals surface area contributed by atoms with Crippen LogP contribution in [0.4, 0.5) is 47.1 Å². The van der Waals surface area contributed by atoms with Crippen molar-refractivity contribution in [2.45, 2.75) is 85.1 Å². The summed E-state index contributed by atoms with van der Waals surface area (Å²) in [6.07, 6.45) is 5.96. The second-order valence-electron chi connectivity index (χ2n) is 23.2. The number of anilines is 8. The highest BCUT2D eigenvalue weighted by molar-refractivity contribution is 6.02. The molecule has 99 heavy (non-hydrogen) atoms. The van der Waals surface area contributed by atoms with E-state index in [2.05, 4.69) is 91.5 Å². The smallest absolute Gasteiger partial charge is 0.253 e. The fraction of sp³-hybridized carbons (Fsp3) is 0.257. The van der Waals surface area contributed by atoms with Gasteiger partial charge in [0.25, 0.3) is 17.7 Å². The zero-order valence-corrected chi connectivity index (χ0v) is 57.0. The Morgan fingerprint density at radius 1 is 0.485 bits per heavy atom. The zero-order valence-electron chi connectivity index (χ0n) is 57.0. The molecule has 0 spiro atoms. The summed E-state index contributed by atoms with van der Waals surface area (Å²) in [5.41, 5.74) is 30.3. The number of carbonyl (C=O) groups excluding carboxylic acids is 3. The lowest BCUT2D eigenvalue weighted by molar-refractivity contribution is 0.0754. The number of amides is 3. The number of nitrogens with one attached hydrogen (secondary N) is 5. The zero-order chi connectivity index (χ0) is 71.0. The number of methoxy groups -OCH3 is 1. The van der Waals surface area contributed by atoms with E-state index in [1.54, 1.807) is 95.2 Å². The average molecular weight is 1340 g/mol. The van der Waals surface area contributed by atoms with Gasteiger partial charge >= 0.3 is 0 Å². The third-order valence-corrected chi connectivity index (χ3v) is 15.5. The second kappa shape index (κ2) is 32.3. The van der Waals surface area contributed by atoms with Crippen LogP contribution in [-0.4, -0.2) is 134 Å². The minimum atomic E-state index is -0.231. The first-order chi connectivity index (χ1) is 47.5. The number of hydrogen-bond acceptors (Lipinski definition) is 26. The topological polar surface area (TPSA) is 412 Å². The number of hydrogen-bond donors (Lipinski definition) is 9. The van der Waals surface area contributed by atoms with Crippen molar-refractivity contribution in [3.63, 3.8) is 0 Å². The normalized spacial score (nSPS) is 12.1. The molecule has 8 aromatic heterocycles. The first-order valence-electron chi connectivity index (χ1n) is 31.7. The molecule has 3 amide bonds. The number of fused-ring (bicyclic) bond motifs is 4. The lowest BCUT2D eigenvalue weighted by Crippen LogP contribution is -2.32. The van der Waals surface area contributed by atoms with Gasteiger partial charge in [0, 0.05) is 92.1 Å². The summed E-state index contributed by atoms with van der Waals surface area (Å²) in [6.45, 7) is 13.8. The highest BCUT2D eigenvalue weighted by Gasteiger charge is 2.22. The van der Waals surface area contributed by atoms with Gasteiger partial charge in [-0.25, -0.2) is 19.9 Å². The van der Waals surface area contributed by atoms with Crippen molar-refractivity contribution in [2.75, 3.05) is 79.5 Å². The number of pyridine rings is 3. The molecule has 0 bridgehead atoms.